The quantitative estimate of drug-likeness (QED) is 0.756. The van der Waals surface area contributed by atoms with Gasteiger partial charge >= 0.3 is 0 Å². The molecule has 1 unspecified atom stereocenters. The molecule has 3 heteroatoms. The molecule has 0 saturated heterocycles. The van der Waals surface area contributed by atoms with E-state index in [0.29, 0.717) is 5.92 Å². The lowest BCUT2D eigenvalue weighted by Crippen LogP contribution is -2.33. The van der Waals surface area contributed by atoms with E-state index in [0.717, 1.165) is 36.2 Å². The number of aryl methyl sites for hydroxylation is 1. The molecule has 1 atom stereocenters. The van der Waals surface area contributed by atoms with E-state index >= 15 is 0 Å². The van der Waals surface area contributed by atoms with Crippen molar-refractivity contribution in [2.75, 3.05) is 13.1 Å². The highest BCUT2D eigenvalue weighted by Crippen LogP contribution is 2.27. The number of rotatable bonds is 8. The highest BCUT2D eigenvalue weighted by Gasteiger charge is 2.11. The van der Waals surface area contributed by atoms with E-state index in [1.807, 2.05) is 6.07 Å². The second-order valence-corrected chi connectivity index (χ2v) is 6.37. The van der Waals surface area contributed by atoms with Crippen LogP contribution < -0.4 is 10.1 Å². The Morgan fingerprint density at radius 3 is 2.58 bits per heavy atom. The molecule has 0 fully saturated rings. The first-order chi connectivity index (χ1) is 9.02. The summed E-state index contributed by atoms with van der Waals surface area (Å²) in [7, 11) is 0. The topological polar surface area (TPSA) is 21.3 Å². The maximum absolute atomic E-state index is 6.11. The standard InChI is InChI=1S/C16H26BrNO/c1-5-6-14(11-18-10-12(2)3)19-16-8-7-13(4)9-15(16)17/h7-9,12,14,18H,5-6,10-11H2,1-4H3. The Kier molecular flexibility index (Phi) is 7.47. The van der Waals surface area contributed by atoms with Crippen LogP contribution in [-0.2, 0) is 0 Å². The van der Waals surface area contributed by atoms with Gasteiger partial charge in [-0.15, -0.1) is 0 Å². The Morgan fingerprint density at radius 1 is 1.26 bits per heavy atom. The summed E-state index contributed by atoms with van der Waals surface area (Å²) in [4.78, 5) is 0. The monoisotopic (exact) mass is 327 g/mol. The van der Waals surface area contributed by atoms with Crippen LogP contribution in [-0.4, -0.2) is 19.2 Å². The van der Waals surface area contributed by atoms with Gasteiger partial charge in [0, 0.05) is 6.54 Å². The van der Waals surface area contributed by atoms with Crippen LogP contribution in [0.2, 0.25) is 0 Å². The van der Waals surface area contributed by atoms with Crippen LogP contribution in [0.1, 0.15) is 39.2 Å². The molecule has 0 spiro atoms. The fourth-order valence-corrected chi connectivity index (χ4v) is 2.53. The lowest BCUT2D eigenvalue weighted by Gasteiger charge is -2.21. The van der Waals surface area contributed by atoms with E-state index in [1.54, 1.807) is 0 Å². The van der Waals surface area contributed by atoms with Gasteiger partial charge in [0.1, 0.15) is 11.9 Å². The molecule has 2 nitrogen and oxygen atoms in total. The summed E-state index contributed by atoms with van der Waals surface area (Å²) in [5, 5.41) is 3.48. The van der Waals surface area contributed by atoms with Crippen LogP contribution in [0.5, 0.6) is 5.75 Å². The van der Waals surface area contributed by atoms with Gasteiger partial charge in [0.2, 0.25) is 0 Å². The molecule has 1 aromatic rings. The molecule has 0 amide bonds. The van der Waals surface area contributed by atoms with E-state index in [1.165, 1.54) is 5.56 Å². The Morgan fingerprint density at radius 2 is 2.00 bits per heavy atom. The highest BCUT2D eigenvalue weighted by molar-refractivity contribution is 9.10. The van der Waals surface area contributed by atoms with Crippen molar-refractivity contribution in [3.05, 3.63) is 28.2 Å². The fourth-order valence-electron chi connectivity index (χ4n) is 1.94. The Labute approximate surface area is 126 Å². The zero-order valence-electron chi connectivity index (χ0n) is 12.5. The first kappa shape index (κ1) is 16.5. The summed E-state index contributed by atoms with van der Waals surface area (Å²) in [5.74, 6) is 1.61. The molecule has 0 aliphatic heterocycles. The van der Waals surface area contributed by atoms with Crippen molar-refractivity contribution in [2.45, 2.75) is 46.6 Å². The molecule has 108 valence electrons. The van der Waals surface area contributed by atoms with E-state index < -0.39 is 0 Å². The van der Waals surface area contributed by atoms with Crippen molar-refractivity contribution in [1.29, 1.82) is 0 Å². The lowest BCUT2D eigenvalue weighted by molar-refractivity contribution is 0.184. The third kappa shape index (κ3) is 6.44. The van der Waals surface area contributed by atoms with E-state index in [-0.39, 0.29) is 6.10 Å². The van der Waals surface area contributed by atoms with Crippen molar-refractivity contribution in [3.63, 3.8) is 0 Å². The summed E-state index contributed by atoms with van der Waals surface area (Å²) in [6.45, 7) is 10.7. The zero-order chi connectivity index (χ0) is 14.3. The van der Waals surface area contributed by atoms with Gasteiger partial charge in [0.05, 0.1) is 4.47 Å². The van der Waals surface area contributed by atoms with Crippen molar-refractivity contribution in [1.82, 2.24) is 5.32 Å². The Balaban J connectivity index is 2.56. The average molecular weight is 328 g/mol. The van der Waals surface area contributed by atoms with Crippen molar-refractivity contribution < 1.29 is 4.74 Å². The largest absolute Gasteiger partial charge is 0.488 e. The Hall–Kier alpha value is -0.540. The van der Waals surface area contributed by atoms with Crippen molar-refractivity contribution in [3.8, 4) is 5.75 Å². The second-order valence-electron chi connectivity index (χ2n) is 5.51. The van der Waals surface area contributed by atoms with Gasteiger partial charge in [-0.25, -0.2) is 0 Å². The van der Waals surface area contributed by atoms with Gasteiger partial charge in [-0.2, -0.15) is 0 Å². The maximum atomic E-state index is 6.11. The van der Waals surface area contributed by atoms with Crippen LogP contribution in [0.15, 0.2) is 22.7 Å². The van der Waals surface area contributed by atoms with Crippen LogP contribution in [0.3, 0.4) is 0 Å². The van der Waals surface area contributed by atoms with Gasteiger partial charge in [-0.1, -0.05) is 33.3 Å². The predicted molar refractivity (Wildman–Crippen MR) is 85.9 cm³/mol. The molecule has 0 aliphatic carbocycles. The smallest absolute Gasteiger partial charge is 0.133 e. The van der Waals surface area contributed by atoms with Crippen LogP contribution in [0.25, 0.3) is 0 Å². The van der Waals surface area contributed by atoms with E-state index in [2.05, 4.69) is 61.1 Å². The maximum Gasteiger partial charge on any atom is 0.133 e. The number of hydrogen-bond acceptors (Lipinski definition) is 2. The second kappa shape index (κ2) is 8.60. The minimum atomic E-state index is 0.239. The van der Waals surface area contributed by atoms with Crippen LogP contribution >= 0.6 is 15.9 Å². The summed E-state index contributed by atoms with van der Waals surface area (Å²) in [6, 6.07) is 6.23. The van der Waals surface area contributed by atoms with Gasteiger partial charge in [0.15, 0.2) is 0 Å². The summed E-state index contributed by atoms with van der Waals surface area (Å²) in [5.41, 5.74) is 1.24. The van der Waals surface area contributed by atoms with Crippen molar-refractivity contribution in [2.24, 2.45) is 5.92 Å². The lowest BCUT2D eigenvalue weighted by atomic mass is 10.2. The molecule has 0 heterocycles. The SMILES string of the molecule is CCCC(CNCC(C)C)Oc1ccc(C)cc1Br. The Bertz CT molecular complexity index is 379. The van der Waals surface area contributed by atoms with E-state index in [4.69, 9.17) is 4.74 Å². The van der Waals surface area contributed by atoms with Gasteiger partial charge in [-0.3, -0.25) is 0 Å². The molecule has 0 radical (unpaired) electrons. The number of halogens is 1. The van der Waals surface area contributed by atoms with Crippen molar-refractivity contribution >= 4 is 15.9 Å². The zero-order valence-corrected chi connectivity index (χ0v) is 14.1. The molecule has 0 aromatic heterocycles. The molecule has 19 heavy (non-hydrogen) atoms. The first-order valence-corrected chi connectivity index (χ1v) is 7.95. The van der Waals surface area contributed by atoms with E-state index in [9.17, 15) is 0 Å². The molecular weight excluding hydrogens is 302 g/mol. The molecule has 1 rings (SSSR count). The predicted octanol–water partition coefficient (Wildman–Crippen LogP) is 4.55. The summed E-state index contributed by atoms with van der Waals surface area (Å²) in [6.07, 6.45) is 2.45. The highest BCUT2D eigenvalue weighted by atomic mass is 79.9. The fraction of sp³-hybridized carbons (Fsp3) is 0.625. The summed E-state index contributed by atoms with van der Waals surface area (Å²) < 4.78 is 7.15. The van der Waals surface area contributed by atoms with Gasteiger partial charge in [-0.05, 0) is 59.4 Å². The molecule has 1 N–H and O–H groups in total. The van der Waals surface area contributed by atoms with Gasteiger partial charge in [0.25, 0.3) is 0 Å². The minimum absolute atomic E-state index is 0.239. The molecular formula is C16H26BrNO. The molecule has 0 bridgehead atoms. The first-order valence-electron chi connectivity index (χ1n) is 7.16. The summed E-state index contributed by atoms with van der Waals surface area (Å²) >= 11 is 3.57. The number of hydrogen-bond donors (Lipinski definition) is 1. The minimum Gasteiger partial charge on any atom is -0.488 e. The molecule has 0 aliphatic rings. The number of nitrogens with one attached hydrogen (secondary N) is 1. The normalized spacial score (nSPS) is 12.7. The number of ether oxygens (including phenoxy) is 1. The molecule has 1 aromatic carbocycles. The average Bonchev–Trinajstić information content (AvgIpc) is 2.32. The third-order valence-corrected chi connectivity index (χ3v) is 3.54. The van der Waals surface area contributed by atoms with Crippen LogP contribution in [0.4, 0.5) is 0 Å². The third-order valence-electron chi connectivity index (χ3n) is 2.92. The molecule has 0 saturated carbocycles. The van der Waals surface area contributed by atoms with Crippen LogP contribution in [0, 0.1) is 12.8 Å². The number of benzene rings is 1. The van der Waals surface area contributed by atoms with Gasteiger partial charge < -0.3 is 10.1 Å².